The first-order chi connectivity index (χ1) is 13.7. The number of amides is 1. The molecule has 2 aliphatic rings. The van der Waals surface area contributed by atoms with Crippen LogP contribution in [0.3, 0.4) is 0 Å². The third-order valence-corrected chi connectivity index (χ3v) is 6.02. The summed E-state index contributed by atoms with van der Waals surface area (Å²) in [6.07, 6.45) is 6.49. The van der Waals surface area contributed by atoms with Crippen molar-refractivity contribution in [1.29, 1.82) is 0 Å². The van der Waals surface area contributed by atoms with Crippen molar-refractivity contribution < 1.29 is 9.18 Å². The van der Waals surface area contributed by atoms with Gasteiger partial charge in [-0.3, -0.25) is 9.78 Å². The highest BCUT2D eigenvalue weighted by molar-refractivity contribution is 6.03. The molecular weight excluding hydrogens is 367 g/mol. The molecule has 2 aromatic rings. The van der Waals surface area contributed by atoms with Crippen molar-refractivity contribution >= 4 is 11.6 Å². The van der Waals surface area contributed by atoms with Crippen molar-refractivity contribution in [3.8, 4) is 11.1 Å². The number of aromatic nitrogens is 1. The van der Waals surface area contributed by atoms with Crippen LogP contribution in [0.1, 0.15) is 49.0 Å². The van der Waals surface area contributed by atoms with Crippen LogP contribution in [-0.2, 0) is 0 Å². The Balaban J connectivity index is 1.79. The maximum Gasteiger partial charge on any atom is 0.255 e. The SMILES string of the molecule is Cc1cc(F)cc(-c2cncc(C(=O)NC(C)C3CC3)c2N2CC[C@](C)(N)C2)c1. The second-order valence-electron chi connectivity index (χ2n) is 9.03. The van der Waals surface area contributed by atoms with E-state index in [4.69, 9.17) is 5.73 Å². The molecule has 1 unspecified atom stereocenters. The molecule has 154 valence electrons. The standard InChI is InChI=1S/C23H29FN4O/c1-14-8-17(10-18(24)9-14)19-11-26-12-20(22(29)27-15(2)16-4-5-16)21(19)28-7-6-23(3,25)13-28/h8-12,15-16H,4-7,13,25H2,1-3H3,(H,27,29)/t15?,23-/m0/s1. The minimum Gasteiger partial charge on any atom is -0.368 e. The van der Waals surface area contributed by atoms with Gasteiger partial charge >= 0.3 is 0 Å². The number of carbonyl (C=O) groups excluding carboxylic acids is 1. The molecule has 0 spiro atoms. The summed E-state index contributed by atoms with van der Waals surface area (Å²) in [7, 11) is 0. The molecule has 0 radical (unpaired) electrons. The van der Waals surface area contributed by atoms with Gasteiger partial charge in [0.05, 0.1) is 11.3 Å². The predicted molar refractivity (Wildman–Crippen MR) is 113 cm³/mol. The van der Waals surface area contributed by atoms with E-state index in [1.807, 2.05) is 19.9 Å². The van der Waals surface area contributed by atoms with Gasteiger partial charge in [-0.15, -0.1) is 0 Å². The average Bonchev–Trinajstić information content (AvgIpc) is 3.43. The molecule has 1 aromatic carbocycles. The Kier molecular flexibility index (Phi) is 5.07. The zero-order valence-corrected chi connectivity index (χ0v) is 17.3. The van der Waals surface area contributed by atoms with E-state index in [0.717, 1.165) is 48.2 Å². The van der Waals surface area contributed by atoms with E-state index in [1.165, 1.54) is 12.1 Å². The third kappa shape index (κ3) is 4.27. The third-order valence-electron chi connectivity index (χ3n) is 6.02. The number of hydrogen-bond donors (Lipinski definition) is 2. The smallest absolute Gasteiger partial charge is 0.255 e. The highest BCUT2D eigenvalue weighted by Gasteiger charge is 2.35. The quantitative estimate of drug-likeness (QED) is 0.809. The Labute approximate surface area is 171 Å². The lowest BCUT2D eigenvalue weighted by Gasteiger charge is -2.27. The van der Waals surface area contributed by atoms with Crippen molar-refractivity contribution in [3.63, 3.8) is 0 Å². The lowest BCUT2D eigenvalue weighted by atomic mass is 9.99. The fraction of sp³-hybridized carbons (Fsp3) is 0.478. The Morgan fingerprint density at radius 1 is 1.34 bits per heavy atom. The molecule has 6 heteroatoms. The van der Waals surface area contributed by atoms with Crippen LogP contribution in [0.15, 0.2) is 30.6 Å². The molecule has 2 heterocycles. The lowest BCUT2D eigenvalue weighted by molar-refractivity contribution is 0.0936. The van der Waals surface area contributed by atoms with Crippen molar-refractivity contribution in [2.75, 3.05) is 18.0 Å². The second-order valence-corrected chi connectivity index (χ2v) is 9.03. The number of hydrogen-bond acceptors (Lipinski definition) is 4. The number of pyridine rings is 1. The predicted octanol–water partition coefficient (Wildman–Crippen LogP) is 3.65. The maximum absolute atomic E-state index is 14.1. The van der Waals surface area contributed by atoms with E-state index >= 15 is 0 Å². The van der Waals surface area contributed by atoms with Crippen LogP contribution in [0.4, 0.5) is 10.1 Å². The van der Waals surface area contributed by atoms with Gasteiger partial charge in [0.2, 0.25) is 0 Å². The van der Waals surface area contributed by atoms with Gasteiger partial charge < -0.3 is 16.0 Å². The number of halogens is 1. The first-order valence-electron chi connectivity index (χ1n) is 10.3. The highest BCUT2D eigenvalue weighted by Crippen LogP contribution is 2.38. The van der Waals surface area contributed by atoms with E-state index in [2.05, 4.69) is 22.1 Å². The van der Waals surface area contributed by atoms with Crippen molar-refractivity contribution in [1.82, 2.24) is 10.3 Å². The average molecular weight is 397 g/mol. The normalized spacial score (nSPS) is 22.6. The van der Waals surface area contributed by atoms with Gasteiger partial charge in [-0.1, -0.05) is 6.07 Å². The van der Waals surface area contributed by atoms with E-state index in [9.17, 15) is 9.18 Å². The fourth-order valence-electron chi connectivity index (χ4n) is 4.24. The molecule has 2 fully saturated rings. The topological polar surface area (TPSA) is 71.2 Å². The monoisotopic (exact) mass is 396 g/mol. The first-order valence-corrected chi connectivity index (χ1v) is 10.3. The van der Waals surface area contributed by atoms with Gasteiger partial charge in [-0.2, -0.15) is 0 Å². The molecule has 1 aliphatic heterocycles. The van der Waals surface area contributed by atoms with Crippen LogP contribution >= 0.6 is 0 Å². The van der Waals surface area contributed by atoms with Gasteiger partial charge in [0.1, 0.15) is 5.82 Å². The Hall–Kier alpha value is -2.47. The second kappa shape index (κ2) is 7.41. The molecule has 3 N–H and O–H groups in total. The minimum absolute atomic E-state index is 0.132. The van der Waals surface area contributed by atoms with Crippen molar-refractivity contribution in [3.05, 3.63) is 47.5 Å². The first kappa shape index (κ1) is 19.8. The number of rotatable bonds is 5. The molecule has 0 bridgehead atoms. The molecule has 1 amide bonds. The molecular formula is C23H29FN4O. The molecule has 29 heavy (non-hydrogen) atoms. The van der Waals surface area contributed by atoms with E-state index < -0.39 is 0 Å². The molecule has 1 aromatic heterocycles. The number of nitrogens with one attached hydrogen (secondary N) is 1. The van der Waals surface area contributed by atoms with Gasteiger partial charge in [0.15, 0.2) is 0 Å². The fourth-order valence-corrected chi connectivity index (χ4v) is 4.24. The van der Waals surface area contributed by atoms with Gasteiger partial charge in [0, 0.05) is 42.6 Å². The number of anilines is 1. The van der Waals surface area contributed by atoms with Gasteiger partial charge in [-0.05, 0) is 69.2 Å². The highest BCUT2D eigenvalue weighted by atomic mass is 19.1. The largest absolute Gasteiger partial charge is 0.368 e. The lowest BCUT2D eigenvalue weighted by Crippen LogP contribution is -2.40. The number of carbonyl (C=O) groups is 1. The number of nitrogens with zero attached hydrogens (tertiary/aromatic N) is 2. The minimum atomic E-state index is -0.326. The molecule has 2 atom stereocenters. The molecule has 4 rings (SSSR count). The summed E-state index contributed by atoms with van der Waals surface area (Å²) >= 11 is 0. The van der Waals surface area contributed by atoms with Crippen LogP contribution in [0.5, 0.6) is 0 Å². The van der Waals surface area contributed by atoms with Crippen LogP contribution in [0.25, 0.3) is 11.1 Å². The summed E-state index contributed by atoms with van der Waals surface area (Å²) < 4.78 is 14.1. The van der Waals surface area contributed by atoms with Crippen LogP contribution in [0, 0.1) is 18.7 Å². The summed E-state index contributed by atoms with van der Waals surface area (Å²) in [5.74, 6) is 0.129. The zero-order chi connectivity index (χ0) is 20.8. The number of nitrogens with two attached hydrogens (primary N) is 1. The number of benzene rings is 1. The van der Waals surface area contributed by atoms with Crippen LogP contribution < -0.4 is 16.0 Å². The molecule has 1 saturated heterocycles. The summed E-state index contributed by atoms with van der Waals surface area (Å²) in [4.78, 5) is 19.6. The Morgan fingerprint density at radius 3 is 2.72 bits per heavy atom. The van der Waals surface area contributed by atoms with E-state index in [0.29, 0.717) is 18.0 Å². The van der Waals surface area contributed by atoms with Crippen LogP contribution in [-0.4, -0.2) is 35.6 Å². The van der Waals surface area contributed by atoms with Crippen LogP contribution in [0.2, 0.25) is 0 Å². The van der Waals surface area contributed by atoms with Crippen molar-refractivity contribution in [2.45, 2.75) is 51.6 Å². The zero-order valence-electron chi connectivity index (χ0n) is 17.3. The van der Waals surface area contributed by atoms with E-state index in [1.54, 1.807) is 12.4 Å². The Bertz CT molecular complexity index is 918. The molecule has 1 saturated carbocycles. The van der Waals surface area contributed by atoms with Crippen molar-refractivity contribution in [2.24, 2.45) is 11.7 Å². The maximum atomic E-state index is 14.1. The summed E-state index contributed by atoms with van der Waals surface area (Å²) in [5.41, 5.74) is 9.68. The van der Waals surface area contributed by atoms with E-state index in [-0.39, 0.29) is 23.3 Å². The summed E-state index contributed by atoms with van der Waals surface area (Å²) in [6, 6.07) is 5.06. The van der Waals surface area contributed by atoms with Gasteiger partial charge in [0.25, 0.3) is 5.91 Å². The van der Waals surface area contributed by atoms with Gasteiger partial charge in [-0.25, -0.2) is 4.39 Å². The summed E-state index contributed by atoms with van der Waals surface area (Å²) in [6.45, 7) is 7.32. The molecule has 1 aliphatic carbocycles. The molecule has 5 nitrogen and oxygen atoms in total. The Morgan fingerprint density at radius 2 is 2.10 bits per heavy atom. The summed E-state index contributed by atoms with van der Waals surface area (Å²) in [5, 5.41) is 3.13. The number of aryl methyl sites for hydroxylation is 1.